The van der Waals surface area contributed by atoms with E-state index in [0.29, 0.717) is 13.0 Å². The fraction of sp³-hybridized carbons (Fsp3) is 0.500. The van der Waals surface area contributed by atoms with Crippen molar-refractivity contribution >= 4 is 29.1 Å². The molecule has 0 radical (unpaired) electrons. The van der Waals surface area contributed by atoms with E-state index < -0.39 is 24.7 Å². The first-order valence-corrected chi connectivity index (χ1v) is 18.4. The maximum absolute atomic E-state index is 11.7. The fourth-order valence-electron chi connectivity index (χ4n) is 7.21. The molecule has 1 unspecified atom stereocenters. The van der Waals surface area contributed by atoms with Crippen LogP contribution in [-0.2, 0) is 9.63 Å². The summed E-state index contributed by atoms with van der Waals surface area (Å²) < 4.78 is 0. The molecule has 0 amide bonds. The van der Waals surface area contributed by atoms with Gasteiger partial charge in [-0.25, -0.2) is 0 Å². The van der Waals surface area contributed by atoms with Crippen LogP contribution in [0.2, 0.25) is 0 Å². The van der Waals surface area contributed by atoms with E-state index in [9.17, 15) is 9.90 Å². The van der Waals surface area contributed by atoms with Gasteiger partial charge in [0, 0.05) is 5.54 Å². The van der Waals surface area contributed by atoms with E-state index in [-0.39, 0.29) is 5.54 Å². The van der Waals surface area contributed by atoms with Crippen molar-refractivity contribution in [3.05, 3.63) is 91.0 Å². The molecule has 43 heavy (non-hydrogen) atoms. The number of carbonyl (C=O) groups is 1. The summed E-state index contributed by atoms with van der Waals surface area (Å²) in [5.74, 6) is -1.13. The molecule has 0 saturated carbocycles. The van der Waals surface area contributed by atoms with Gasteiger partial charge in [0.15, 0.2) is 0 Å². The molecule has 3 aromatic carbocycles. The molecule has 232 valence electrons. The highest BCUT2D eigenvalue weighted by molar-refractivity contribution is 7.95. The van der Waals surface area contributed by atoms with Gasteiger partial charge in [0.1, 0.15) is 23.2 Å². The van der Waals surface area contributed by atoms with Crippen LogP contribution < -0.4 is 15.9 Å². The van der Waals surface area contributed by atoms with E-state index in [4.69, 9.17) is 4.84 Å². The molecule has 4 nitrogen and oxygen atoms in total. The molecule has 1 fully saturated rings. The van der Waals surface area contributed by atoms with Gasteiger partial charge in [-0.3, -0.25) is 9.63 Å². The zero-order valence-corrected chi connectivity index (χ0v) is 27.8. The summed E-state index contributed by atoms with van der Waals surface area (Å²) in [6.45, 7) is 8.82. The van der Waals surface area contributed by atoms with Crippen LogP contribution in [0.4, 0.5) is 0 Å². The molecule has 1 aliphatic heterocycles. The Morgan fingerprint density at radius 2 is 1.09 bits per heavy atom. The van der Waals surface area contributed by atoms with Gasteiger partial charge in [-0.05, 0) is 89.8 Å². The van der Waals surface area contributed by atoms with Crippen LogP contribution in [0.5, 0.6) is 0 Å². The predicted octanol–water partition coefficient (Wildman–Crippen LogP) is 8.39. The van der Waals surface area contributed by atoms with E-state index in [1.165, 1.54) is 67.0 Å². The van der Waals surface area contributed by atoms with Crippen molar-refractivity contribution in [2.75, 3.05) is 12.8 Å². The SMILES string of the molecule is CC1(C)CC(C(=O)O)C(C)(C)N1OCCCCCCCCCCC[P+](c1ccccc1)(c1ccccc1)c1ccccc1. The lowest BCUT2D eigenvalue weighted by atomic mass is 9.87. The number of hydrogen-bond acceptors (Lipinski definition) is 3. The first-order chi connectivity index (χ1) is 20.7. The number of hydroxylamine groups is 2. The largest absolute Gasteiger partial charge is 0.481 e. The summed E-state index contributed by atoms with van der Waals surface area (Å²) in [5.41, 5.74) is -0.766. The molecule has 0 aromatic heterocycles. The van der Waals surface area contributed by atoms with E-state index in [1.54, 1.807) is 0 Å². The molecular weight excluding hydrogens is 549 g/mol. The van der Waals surface area contributed by atoms with Crippen LogP contribution >= 0.6 is 7.26 Å². The van der Waals surface area contributed by atoms with Crippen molar-refractivity contribution in [1.29, 1.82) is 0 Å². The topological polar surface area (TPSA) is 49.8 Å². The van der Waals surface area contributed by atoms with Gasteiger partial charge < -0.3 is 5.11 Å². The Hall–Kier alpha value is -2.52. The zero-order valence-electron chi connectivity index (χ0n) is 26.9. The van der Waals surface area contributed by atoms with Crippen molar-refractivity contribution in [1.82, 2.24) is 5.06 Å². The van der Waals surface area contributed by atoms with Gasteiger partial charge in [-0.1, -0.05) is 93.1 Å². The normalized spacial score (nSPS) is 18.1. The molecule has 1 N–H and O–H groups in total. The number of benzene rings is 3. The minimum Gasteiger partial charge on any atom is -0.481 e. The molecule has 1 saturated heterocycles. The monoisotopic (exact) mass is 602 g/mol. The summed E-state index contributed by atoms with van der Waals surface area (Å²) in [7, 11) is -1.71. The molecule has 1 atom stereocenters. The minimum absolute atomic E-state index is 0.266. The van der Waals surface area contributed by atoms with Crippen LogP contribution in [-0.4, -0.2) is 40.0 Å². The Labute approximate surface area is 261 Å². The van der Waals surface area contributed by atoms with Crippen molar-refractivity contribution in [2.45, 2.75) is 103 Å². The third kappa shape index (κ3) is 8.15. The number of unbranched alkanes of at least 4 members (excludes halogenated alkanes) is 8. The Morgan fingerprint density at radius 3 is 1.49 bits per heavy atom. The van der Waals surface area contributed by atoms with Gasteiger partial charge in [0.25, 0.3) is 0 Å². The average molecular weight is 603 g/mol. The van der Waals surface area contributed by atoms with Gasteiger partial charge in [-0.2, -0.15) is 5.06 Å². The van der Waals surface area contributed by atoms with E-state index in [1.807, 2.05) is 18.9 Å². The summed E-state index contributed by atoms with van der Waals surface area (Å²) in [5, 5.41) is 16.1. The first-order valence-electron chi connectivity index (χ1n) is 16.4. The van der Waals surface area contributed by atoms with E-state index in [2.05, 4.69) is 105 Å². The quantitative estimate of drug-likeness (QED) is 0.125. The Bertz CT molecular complexity index is 1150. The number of nitrogens with zero attached hydrogens (tertiary/aromatic N) is 1. The fourth-order valence-corrected chi connectivity index (χ4v) is 11.6. The number of hydrogen-bond donors (Lipinski definition) is 1. The lowest BCUT2D eigenvalue weighted by Crippen LogP contribution is -2.50. The summed E-state index contributed by atoms with van der Waals surface area (Å²) >= 11 is 0. The van der Waals surface area contributed by atoms with Crippen molar-refractivity contribution in [3.8, 4) is 0 Å². The summed E-state index contributed by atoms with van der Waals surface area (Å²) in [6.07, 6.45) is 12.9. The van der Waals surface area contributed by atoms with Gasteiger partial charge in [-0.15, -0.1) is 0 Å². The first kappa shape index (κ1) is 33.4. The molecule has 1 heterocycles. The van der Waals surface area contributed by atoms with Gasteiger partial charge >= 0.3 is 5.97 Å². The highest BCUT2D eigenvalue weighted by Gasteiger charge is 2.55. The second-order valence-corrected chi connectivity index (χ2v) is 17.0. The smallest absolute Gasteiger partial charge is 0.308 e. The van der Waals surface area contributed by atoms with Crippen molar-refractivity contribution in [2.24, 2.45) is 5.92 Å². The summed E-state index contributed by atoms with van der Waals surface area (Å²) in [4.78, 5) is 17.9. The molecule has 0 aliphatic carbocycles. The predicted molar refractivity (Wildman–Crippen MR) is 183 cm³/mol. The lowest BCUT2D eigenvalue weighted by molar-refractivity contribution is -0.244. The average Bonchev–Trinajstić information content (AvgIpc) is 3.20. The second-order valence-electron chi connectivity index (χ2n) is 13.4. The number of rotatable bonds is 17. The number of carboxylic acid groups (broad SMARTS) is 1. The Balaban J connectivity index is 1.19. The summed E-state index contributed by atoms with van der Waals surface area (Å²) in [6, 6.07) is 33.7. The van der Waals surface area contributed by atoms with Crippen molar-refractivity contribution < 1.29 is 14.7 Å². The van der Waals surface area contributed by atoms with Crippen molar-refractivity contribution in [3.63, 3.8) is 0 Å². The maximum Gasteiger partial charge on any atom is 0.308 e. The molecule has 5 heteroatoms. The molecule has 0 bridgehead atoms. The second kappa shape index (κ2) is 15.5. The third-order valence-electron chi connectivity index (χ3n) is 9.38. The maximum atomic E-state index is 11.7. The molecule has 0 spiro atoms. The van der Waals surface area contributed by atoms with Crippen LogP contribution in [0.15, 0.2) is 91.0 Å². The zero-order chi connectivity index (χ0) is 30.8. The third-order valence-corrected chi connectivity index (χ3v) is 13.9. The molecular formula is C38H53NO3P+. The van der Waals surface area contributed by atoms with Crippen LogP contribution in [0, 0.1) is 5.92 Å². The molecule has 1 aliphatic rings. The molecule has 4 rings (SSSR count). The van der Waals surface area contributed by atoms with E-state index >= 15 is 0 Å². The number of carboxylic acids is 1. The van der Waals surface area contributed by atoms with Gasteiger partial charge in [0.05, 0.1) is 24.2 Å². The Morgan fingerprint density at radius 1 is 0.698 bits per heavy atom. The van der Waals surface area contributed by atoms with Crippen LogP contribution in [0.25, 0.3) is 0 Å². The van der Waals surface area contributed by atoms with Crippen LogP contribution in [0.3, 0.4) is 0 Å². The lowest BCUT2D eigenvalue weighted by Gasteiger charge is -2.39. The highest BCUT2D eigenvalue weighted by Crippen LogP contribution is 2.56. The standard InChI is InChI=1S/C38H52NO3P/c1-37(2)31-35(36(40)41)38(3,4)39(37)42-29-21-10-8-6-5-7-9-11-22-30-43(32-23-15-12-16-24-32,33-25-17-13-18-26-33)34-27-19-14-20-28-34/h12-20,23-28,35H,5-11,21-22,29-31H2,1-4H3/p+1. The van der Waals surface area contributed by atoms with Crippen LogP contribution in [0.1, 0.15) is 91.9 Å². The minimum atomic E-state index is -1.71. The highest BCUT2D eigenvalue weighted by atomic mass is 31.2. The molecule has 3 aromatic rings. The van der Waals surface area contributed by atoms with E-state index in [0.717, 1.165) is 12.8 Å². The number of aliphatic carboxylic acids is 1. The van der Waals surface area contributed by atoms with Gasteiger partial charge in [0.2, 0.25) is 0 Å². The Kier molecular flexibility index (Phi) is 12.0.